The van der Waals surface area contributed by atoms with Gasteiger partial charge in [-0.3, -0.25) is 9.59 Å². The van der Waals surface area contributed by atoms with Crippen molar-refractivity contribution in [2.45, 2.75) is 37.8 Å². The van der Waals surface area contributed by atoms with E-state index < -0.39 is 18.4 Å². The van der Waals surface area contributed by atoms with Crippen LogP contribution in [0.5, 0.6) is 0 Å². The molecule has 0 radical (unpaired) electrons. The minimum atomic E-state index is -1.20. The maximum Gasteiger partial charge on any atom is 0.317 e. The fourth-order valence-corrected chi connectivity index (χ4v) is 3.15. The number of imidazole rings is 1. The van der Waals surface area contributed by atoms with Gasteiger partial charge in [-0.2, -0.15) is 9.97 Å². The molecule has 2 aromatic rings. The zero-order valence-electron chi connectivity index (χ0n) is 14.5. The molecule has 2 atom stereocenters. The molecular weight excluding hydrogens is 352 g/mol. The van der Waals surface area contributed by atoms with Gasteiger partial charge in [0.15, 0.2) is 17.0 Å². The van der Waals surface area contributed by atoms with Crippen LogP contribution in [0, 0.1) is 5.92 Å². The lowest BCUT2D eigenvalue weighted by Crippen LogP contribution is -2.16. The Morgan fingerprint density at radius 1 is 1.33 bits per heavy atom. The van der Waals surface area contributed by atoms with Crippen molar-refractivity contribution in [2.75, 3.05) is 17.7 Å². The van der Waals surface area contributed by atoms with E-state index in [1.807, 2.05) is 16.7 Å². The van der Waals surface area contributed by atoms with Gasteiger partial charge < -0.3 is 25.5 Å². The first kappa shape index (κ1) is 17.3. The lowest BCUT2D eigenvalue weighted by Gasteiger charge is -2.14. The fourth-order valence-electron chi connectivity index (χ4n) is 3.15. The van der Waals surface area contributed by atoms with Gasteiger partial charge >= 0.3 is 11.9 Å². The number of hydrogen-bond acceptors (Lipinski definition) is 8. The second-order valence-electron chi connectivity index (χ2n) is 6.87. The summed E-state index contributed by atoms with van der Waals surface area (Å²) in [6.45, 7) is 0.150. The Morgan fingerprint density at radius 2 is 2.15 bits per heavy atom. The van der Waals surface area contributed by atoms with E-state index in [4.69, 9.17) is 15.6 Å². The van der Waals surface area contributed by atoms with Crippen LogP contribution in [-0.2, 0) is 14.3 Å². The molecule has 0 bridgehead atoms. The molecule has 1 saturated carbocycles. The average molecular weight is 372 g/mol. The van der Waals surface area contributed by atoms with E-state index in [-0.39, 0.29) is 24.5 Å². The number of nitrogens with zero attached hydrogens (tertiary/aromatic N) is 4. The molecule has 2 aliphatic carbocycles. The van der Waals surface area contributed by atoms with Crippen LogP contribution in [0.25, 0.3) is 11.2 Å². The van der Waals surface area contributed by atoms with Crippen molar-refractivity contribution >= 4 is 34.9 Å². The number of aliphatic carboxylic acids is 1. The van der Waals surface area contributed by atoms with Gasteiger partial charge in [0.2, 0.25) is 5.95 Å². The highest BCUT2D eigenvalue weighted by Gasteiger charge is 2.27. The molecule has 0 aromatic carbocycles. The Labute approximate surface area is 154 Å². The van der Waals surface area contributed by atoms with Gasteiger partial charge in [-0.05, 0) is 19.3 Å². The highest BCUT2D eigenvalue weighted by atomic mass is 16.5. The number of hydrogen-bond donors (Lipinski definition) is 3. The van der Waals surface area contributed by atoms with Crippen molar-refractivity contribution in [1.82, 2.24) is 19.5 Å². The summed E-state index contributed by atoms with van der Waals surface area (Å²) >= 11 is 0. The maximum absolute atomic E-state index is 11.4. The normalized spacial score (nSPS) is 21.5. The molecule has 0 saturated heterocycles. The zero-order chi connectivity index (χ0) is 19.0. The number of carboxylic acid groups (broad SMARTS) is 1. The third-order valence-corrected chi connectivity index (χ3v) is 4.62. The Hall–Kier alpha value is -3.17. The fraction of sp³-hybridized carbons (Fsp3) is 0.471. The molecule has 0 unspecified atom stereocenters. The molecule has 0 spiro atoms. The molecule has 4 N–H and O–H groups in total. The summed E-state index contributed by atoms with van der Waals surface area (Å²) in [6, 6.07) is 0.421. The average Bonchev–Trinajstić information content (AvgIpc) is 3.13. The summed E-state index contributed by atoms with van der Waals surface area (Å²) < 4.78 is 6.96. The Bertz CT molecular complexity index is 920. The van der Waals surface area contributed by atoms with Crippen molar-refractivity contribution in [3.8, 4) is 0 Å². The number of carboxylic acids is 1. The van der Waals surface area contributed by atoms with Crippen LogP contribution in [0.15, 0.2) is 18.5 Å². The number of fused-ring (bicyclic) bond motifs is 1. The van der Waals surface area contributed by atoms with Gasteiger partial charge in [0.25, 0.3) is 0 Å². The number of esters is 1. The van der Waals surface area contributed by atoms with Crippen molar-refractivity contribution in [3.05, 3.63) is 18.5 Å². The second-order valence-corrected chi connectivity index (χ2v) is 6.87. The van der Waals surface area contributed by atoms with E-state index in [1.165, 1.54) is 0 Å². The molecule has 1 fully saturated rings. The first-order chi connectivity index (χ1) is 13.0. The van der Waals surface area contributed by atoms with Gasteiger partial charge in [-0.25, -0.2) is 4.98 Å². The minimum absolute atomic E-state index is 0.00116. The summed E-state index contributed by atoms with van der Waals surface area (Å²) in [5.41, 5.74) is 7.21. The number of ether oxygens (including phenoxy) is 1. The van der Waals surface area contributed by atoms with Crippen LogP contribution in [-0.4, -0.2) is 49.2 Å². The molecule has 10 heteroatoms. The standard InChI is InChI=1S/C17H20N6O4/c18-17-21-15(20-10-2-3-10)14-16(22-17)23(8-19-14)11-4-1-9(5-11)7-27-13(26)6-12(24)25/h1,4,8-11H,2-3,5-7H2,(H,24,25)(H3,18,20,21,22)/t9-,11+/m1/s1. The summed E-state index contributed by atoms with van der Waals surface area (Å²) in [5.74, 6) is -1.08. The molecule has 4 rings (SSSR count). The van der Waals surface area contributed by atoms with Crippen LogP contribution in [0.2, 0.25) is 0 Å². The zero-order valence-corrected chi connectivity index (χ0v) is 14.5. The van der Waals surface area contributed by atoms with Gasteiger partial charge in [-0.15, -0.1) is 0 Å². The topological polar surface area (TPSA) is 145 Å². The lowest BCUT2D eigenvalue weighted by molar-refractivity contribution is -0.151. The molecule has 27 heavy (non-hydrogen) atoms. The number of aromatic nitrogens is 4. The van der Waals surface area contributed by atoms with E-state index in [2.05, 4.69) is 20.3 Å². The van der Waals surface area contributed by atoms with Crippen LogP contribution >= 0.6 is 0 Å². The van der Waals surface area contributed by atoms with Gasteiger partial charge in [0, 0.05) is 12.0 Å². The van der Waals surface area contributed by atoms with E-state index in [9.17, 15) is 9.59 Å². The van der Waals surface area contributed by atoms with Crippen molar-refractivity contribution < 1.29 is 19.4 Å². The molecule has 10 nitrogen and oxygen atoms in total. The smallest absolute Gasteiger partial charge is 0.317 e. The maximum atomic E-state index is 11.4. The SMILES string of the molecule is Nc1nc(NC2CC2)c2ncn([C@H]3C=C[C@@H](COC(=O)CC(=O)O)C3)c2n1. The van der Waals surface area contributed by atoms with E-state index in [0.717, 1.165) is 12.8 Å². The van der Waals surface area contributed by atoms with Crippen molar-refractivity contribution in [3.63, 3.8) is 0 Å². The Kier molecular flexibility index (Phi) is 4.38. The number of rotatable bonds is 7. The number of nitrogen functional groups attached to an aromatic ring is 1. The molecule has 0 aliphatic heterocycles. The highest BCUT2D eigenvalue weighted by molar-refractivity contribution is 5.90. The van der Waals surface area contributed by atoms with E-state index in [1.54, 1.807) is 6.33 Å². The minimum Gasteiger partial charge on any atom is -0.481 e. The van der Waals surface area contributed by atoms with Gasteiger partial charge in [0.05, 0.1) is 19.0 Å². The predicted molar refractivity (Wildman–Crippen MR) is 95.9 cm³/mol. The van der Waals surface area contributed by atoms with E-state index in [0.29, 0.717) is 29.4 Å². The number of carbonyl (C=O) groups excluding carboxylic acids is 1. The summed E-state index contributed by atoms with van der Waals surface area (Å²) in [7, 11) is 0. The van der Waals surface area contributed by atoms with Crippen molar-refractivity contribution in [1.29, 1.82) is 0 Å². The number of anilines is 2. The monoisotopic (exact) mass is 372 g/mol. The third-order valence-electron chi connectivity index (χ3n) is 4.62. The molecule has 142 valence electrons. The first-order valence-electron chi connectivity index (χ1n) is 8.82. The summed E-state index contributed by atoms with van der Waals surface area (Å²) in [4.78, 5) is 35.0. The van der Waals surface area contributed by atoms with Crippen LogP contribution in [0.3, 0.4) is 0 Å². The number of nitrogens with one attached hydrogen (secondary N) is 1. The number of nitrogens with two attached hydrogens (primary N) is 1. The number of allylic oxidation sites excluding steroid dienone is 1. The molecule has 2 aliphatic rings. The molecule has 2 heterocycles. The largest absolute Gasteiger partial charge is 0.481 e. The molecule has 0 amide bonds. The lowest BCUT2D eigenvalue weighted by atomic mass is 10.1. The van der Waals surface area contributed by atoms with Crippen molar-refractivity contribution in [2.24, 2.45) is 5.92 Å². The number of carbonyl (C=O) groups is 2. The predicted octanol–water partition coefficient (Wildman–Crippen LogP) is 1.12. The first-order valence-corrected chi connectivity index (χ1v) is 8.82. The van der Waals surface area contributed by atoms with Gasteiger partial charge in [0.1, 0.15) is 6.42 Å². The van der Waals surface area contributed by atoms with Crippen LogP contribution in [0.1, 0.15) is 31.7 Å². The molecular formula is C17H20N6O4. The highest BCUT2D eigenvalue weighted by Crippen LogP contribution is 2.33. The molecule has 2 aromatic heterocycles. The third kappa shape index (κ3) is 3.83. The Balaban J connectivity index is 1.46. The summed E-state index contributed by atoms with van der Waals surface area (Å²) in [5, 5.41) is 11.9. The van der Waals surface area contributed by atoms with Crippen LogP contribution in [0.4, 0.5) is 11.8 Å². The Morgan fingerprint density at radius 3 is 2.89 bits per heavy atom. The van der Waals surface area contributed by atoms with Crippen LogP contribution < -0.4 is 11.1 Å². The van der Waals surface area contributed by atoms with Gasteiger partial charge in [-0.1, -0.05) is 12.2 Å². The van der Waals surface area contributed by atoms with E-state index >= 15 is 0 Å². The second kappa shape index (κ2) is 6.86. The quantitative estimate of drug-likeness (QED) is 0.369. The summed E-state index contributed by atoms with van der Waals surface area (Å²) in [6.07, 6.45) is 7.96.